The van der Waals surface area contributed by atoms with E-state index in [2.05, 4.69) is 9.97 Å². The number of ether oxygens (including phenoxy) is 1. The van der Waals surface area contributed by atoms with Crippen LogP contribution in [0.15, 0.2) is 24.3 Å². The Morgan fingerprint density at radius 1 is 1.21 bits per heavy atom. The number of nitrogens with zero attached hydrogens (tertiary/aromatic N) is 2. The smallest absolute Gasteiger partial charge is 0.224 e. The number of halogens is 2. The molecule has 4 nitrogen and oxygen atoms in total. The molecule has 98 valence electrons. The Kier molecular flexibility index (Phi) is 3.21. The summed E-state index contributed by atoms with van der Waals surface area (Å²) in [5, 5.41) is 0.790. The summed E-state index contributed by atoms with van der Waals surface area (Å²) in [7, 11) is 0. The quantitative estimate of drug-likeness (QED) is 0.928. The second-order valence-corrected chi connectivity index (χ2v) is 5.20. The Balaban J connectivity index is 1.92. The fourth-order valence-corrected chi connectivity index (χ4v) is 2.04. The van der Waals surface area contributed by atoms with Crippen molar-refractivity contribution in [1.82, 2.24) is 9.97 Å². The van der Waals surface area contributed by atoms with Gasteiger partial charge in [-0.25, -0.2) is 4.98 Å². The highest BCUT2D eigenvalue weighted by molar-refractivity contribution is 6.42. The predicted molar refractivity (Wildman–Crippen MR) is 75.0 cm³/mol. The van der Waals surface area contributed by atoms with E-state index in [1.54, 1.807) is 24.3 Å². The van der Waals surface area contributed by atoms with Crippen molar-refractivity contribution < 1.29 is 4.74 Å². The van der Waals surface area contributed by atoms with E-state index < -0.39 is 0 Å². The van der Waals surface area contributed by atoms with Gasteiger partial charge in [-0.3, -0.25) is 0 Å². The Morgan fingerprint density at radius 2 is 2.00 bits per heavy atom. The SMILES string of the molecule is Nc1cc(Oc2cccc(Cl)c2Cl)nc(C2CC2)n1. The molecule has 0 saturated heterocycles. The summed E-state index contributed by atoms with van der Waals surface area (Å²) in [6, 6.07) is 6.75. The molecule has 1 aromatic carbocycles. The van der Waals surface area contributed by atoms with Gasteiger partial charge in [0.15, 0.2) is 0 Å². The molecular formula is C13H11Cl2N3O. The van der Waals surface area contributed by atoms with Gasteiger partial charge in [0.1, 0.15) is 22.4 Å². The van der Waals surface area contributed by atoms with Crippen LogP contribution >= 0.6 is 23.2 Å². The maximum absolute atomic E-state index is 6.07. The second kappa shape index (κ2) is 4.87. The zero-order valence-electron chi connectivity index (χ0n) is 9.94. The van der Waals surface area contributed by atoms with Gasteiger partial charge in [0.25, 0.3) is 0 Å². The van der Waals surface area contributed by atoms with Gasteiger partial charge in [-0.05, 0) is 25.0 Å². The highest BCUT2D eigenvalue weighted by atomic mass is 35.5. The lowest BCUT2D eigenvalue weighted by atomic mass is 10.3. The molecule has 1 aliphatic rings. The van der Waals surface area contributed by atoms with Crippen molar-refractivity contribution in [3.05, 3.63) is 40.1 Å². The fourth-order valence-electron chi connectivity index (χ4n) is 1.71. The Morgan fingerprint density at radius 3 is 2.74 bits per heavy atom. The lowest BCUT2D eigenvalue weighted by Gasteiger charge is -2.09. The number of benzene rings is 1. The van der Waals surface area contributed by atoms with Crippen LogP contribution in [0.5, 0.6) is 11.6 Å². The Labute approximate surface area is 120 Å². The van der Waals surface area contributed by atoms with Crippen molar-refractivity contribution in [1.29, 1.82) is 0 Å². The van der Waals surface area contributed by atoms with Gasteiger partial charge in [-0.2, -0.15) is 4.98 Å². The third-order valence-corrected chi connectivity index (χ3v) is 3.61. The van der Waals surface area contributed by atoms with Crippen LogP contribution in [-0.2, 0) is 0 Å². The molecule has 2 N–H and O–H groups in total. The zero-order chi connectivity index (χ0) is 13.4. The maximum Gasteiger partial charge on any atom is 0.224 e. The first-order valence-electron chi connectivity index (χ1n) is 5.90. The summed E-state index contributed by atoms with van der Waals surface area (Å²) >= 11 is 12.0. The topological polar surface area (TPSA) is 61.0 Å². The van der Waals surface area contributed by atoms with Crippen LogP contribution in [0.4, 0.5) is 5.82 Å². The first-order valence-corrected chi connectivity index (χ1v) is 6.65. The average molecular weight is 296 g/mol. The van der Waals surface area contributed by atoms with Crippen LogP contribution in [-0.4, -0.2) is 9.97 Å². The molecule has 0 amide bonds. The van der Waals surface area contributed by atoms with E-state index >= 15 is 0 Å². The van der Waals surface area contributed by atoms with Gasteiger partial charge in [-0.1, -0.05) is 29.3 Å². The van der Waals surface area contributed by atoms with E-state index in [0.29, 0.717) is 33.4 Å². The molecular weight excluding hydrogens is 285 g/mol. The molecule has 1 fully saturated rings. The van der Waals surface area contributed by atoms with Crippen LogP contribution in [0, 0.1) is 0 Å². The summed E-state index contributed by atoms with van der Waals surface area (Å²) in [4.78, 5) is 8.55. The lowest BCUT2D eigenvalue weighted by Crippen LogP contribution is -2.00. The number of hydrogen-bond acceptors (Lipinski definition) is 4. The van der Waals surface area contributed by atoms with E-state index in [4.69, 9.17) is 33.7 Å². The number of nitrogens with two attached hydrogens (primary N) is 1. The van der Waals surface area contributed by atoms with Crippen LogP contribution in [0.2, 0.25) is 10.0 Å². The molecule has 0 aliphatic heterocycles. The molecule has 1 heterocycles. The second-order valence-electron chi connectivity index (χ2n) is 4.42. The lowest BCUT2D eigenvalue weighted by molar-refractivity contribution is 0.459. The summed E-state index contributed by atoms with van der Waals surface area (Å²) in [6.07, 6.45) is 2.20. The van der Waals surface area contributed by atoms with E-state index in [-0.39, 0.29) is 0 Å². The van der Waals surface area contributed by atoms with Crippen molar-refractivity contribution in [2.45, 2.75) is 18.8 Å². The van der Waals surface area contributed by atoms with Crippen LogP contribution < -0.4 is 10.5 Å². The van der Waals surface area contributed by atoms with Crippen LogP contribution in [0.25, 0.3) is 0 Å². The maximum atomic E-state index is 6.07. The highest BCUT2D eigenvalue weighted by Crippen LogP contribution is 2.40. The van der Waals surface area contributed by atoms with Crippen molar-refractivity contribution >= 4 is 29.0 Å². The van der Waals surface area contributed by atoms with Gasteiger partial charge in [0.05, 0.1) is 5.02 Å². The summed E-state index contributed by atoms with van der Waals surface area (Å²) in [6.45, 7) is 0. The number of anilines is 1. The average Bonchev–Trinajstić information content (AvgIpc) is 3.18. The molecule has 0 bridgehead atoms. The van der Waals surface area contributed by atoms with Gasteiger partial charge >= 0.3 is 0 Å². The van der Waals surface area contributed by atoms with Crippen molar-refractivity contribution in [3.63, 3.8) is 0 Å². The van der Waals surface area contributed by atoms with Crippen molar-refractivity contribution in [3.8, 4) is 11.6 Å². The third-order valence-electron chi connectivity index (χ3n) is 2.81. The van der Waals surface area contributed by atoms with Gasteiger partial charge in [-0.15, -0.1) is 0 Å². The molecule has 19 heavy (non-hydrogen) atoms. The first-order chi connectivity index (χ1) is 9.13. The minimum atomic E-state index is 0.356. The molecule has 2 aromatic rings. The summed E-state index contributed by atoms with van der Waals surface area (Å²) in [5.74, 6) is 2.37. The minimum Gasteiger partial charge on any atom is -0.437 e. The molecule has 1 aliphatic carbocycles. The molecule has 6 heteroatoms. The van der Waals surface area contributed by atoms with Crippen LogP contribution in [0.3, 0.4) is 0 Å². The minimum absolute atomic E-state index is 0.356. The molecule has 3 rings (SSSR count). The van der Waals surface area contributed by atoms with E-state index in [1.165, 1.54) is 0 Å². The molecule has 0 spiro atoms. The number of aromatic nitrogens is 2. The normalized spacial score (nSPS) is 14.4. The van der Waals surface area contributed by atoms with Gasteiger partial charge < -0.3 is 10.5 Å². The molecule has 0 radical (unpaired) electrons. The zero-order valence-corrected chi connectivity index (χ0v) is 11.4. The van der Waals surface area contributed by atoms with Crippen molar-refractivity contribution in [2.75, 3.05) is 5.73 Å². The van der Waals surface area contributed by atoms with E-state index in [9.17, 15) is 0 Å². The Bertz CT molecular complexity index is 629. The number of rotatable bonds is 3. The largest absolute Gasteiger partial charge is 0.437 e. The monoisotopic (exact) mass is 295 g/mol. The van der Waals surface area contributed by atoms with E-state index in [1.807, 2.05) is 0 Å². The number of hydrogen-bond donors (Lipinski definition) is 1. The summed E-state index contributed by atoms with van der Waals surface area (Å²) < 4.78 is 5.64. The molecule has 0 unspecified atom stereocenters. The molecule has 1 saturated carbocycles. The van der Waals surface area contributed by atoms with Crippen LogP contribution in [0.1, 0.15) is 24.6 Å². The van der Waals surface area contributed by atoms with Gasteiger partial charge in [0, 0.05) is 12.0 Å². The predicted octanol–water partition coefficient (Wildman–Crippen LogP) is 4.04. The third kappa shape index (κ3) is 2.74. The molecule has 0 atom stereocenters. The fraction of sp³-hybridized carbons (Fsp3) is 0.231. The first kappa shape index (κ1) is 12.5. The summed E-state index contributed by atoms with van der Waals surface area (Å²) in [5.41, 5.74) is 5.76. The van der Waals surface area contributed by atoms with E-state index in [0.717, 1.165) is 18.7 Å². The number of nitrogen functional groups attached to an aromatic ring is 1. The van der Waals surface area contributed by atoms with Gasteiger partial charge in [0.2, 0.25) is 5.88 Å². The highest BCUT2D eigenvalue weighted by Gasteiger charge is 2.27. The standard InChI is InChI=1S/C13H11Cl2N3O/c14-8-2-1-3-9(12(8)15)19-11-6-10(16)17-13(18-11)7-4-5-7/h1-3,6-7H,4-5H2,(H2,16,17,18). The molecule has 1 aromatic heterocycles. The Hall–Kier alpha value is -1.52. The van der Waals surface area contributed by atoms with Crippen molar-refractivity contribution in [2.24, 2.45) is 0 Å².